The molecule has 6 heteroatoms. The van der Waals surface area contributed by atoms with Gasteiger partial charge in [-0.2, -0.15) is 0 Å². The first-order valence-electron chi connectivity index (χ1n) is 11.5. The first kappa shape index (κ1) is 24.4. The summed E-state index contributed by atoms with van der Waals surface area (Å²) < 4.78 is 5.79. The predicted molar refractivity (Wildman–Crippen MR) is 132 cm³/mol. The van der Waals surface area contributed by atoms with Crippen molar-refractivity contribution < 1.29 is 19.4 Å². The molecule has 2 aromatic carbocycles. The standard InChI is InChI=1S/C27H34N2O4/c1-7-8-15-29-24(19-9-12-21(13-10-19)28(5)6)23(26(31)27(29)32)25(30)20-11-14-22(18(4)16-20)33-17(2)3/h9-14,16-17,24,30H,7-8,15H2,1-6H3/b25-23-. The molecule has 1 atom stereocenters. The number of likely N-dealkylation sites (tertiary alicyclic amines) is 1. The second kappa shape index (κ2) is 10.1. The minimum Gasteiger partial charge on any atom is -0.507 e. The van der Waals surface area contributed by atoms with Crippen molar-refractivity contribution in [1.82, 2.24) is 4.90 Å². The molecule has 0 aromatic heterocycles. The molecule has 1 aliphatic heterocycles. The van der Waals surface area contributed by atoms with Crippen molar-refractivity contribution in [2.24, 2.45) is 0 Å². The Morgan fingerprint density at radius 3 is 2.33 bits per heavy atom. The second-order valence-electron chi connectivity index (χ2n) is 8.98. The molecule has 0 aliphatic carbocycles. The Morgan fingerprint density at radius 1 is 1.12 bits per heavy atom. The summed E-state index contributed by atoms with van der Waals surface area (Å²) in [7, 11) is 3.91. The number of hydrogen-bond donors (Lipinski definition) is 1. The maximum absolute atomic E-state index is 13.1. The van der Waals surface area contributed by atoms with Crippen LogP contribution in [0.2, 0.25) is 0 Å². The van der Waals surface area contributed by atoms with E-state index in [0.717, 1.165) is 35.4 Å². The molecule has 6 nitrogen and oxygen atoms in total. The summed E-state index contributed by atoms with van der Waals surface area (Å²) in [5.74, 6) is -0.650. The van der Waals surface area contributed by atoms with Crippen LogP contribution < -0.4 is 9.64 Å². The van der Waals surface area contributed by atoms with E-state index < -0.39 is 17.7 Å². The zero-order valence-electron chi connectivity index (χ0n) is 20.4. The summed E-state index contributed by atoms with van der Waals surface area (Å²) in [5, 5.41) is 11.3. The van der Waals surface area contributed by atoms with E-state index in [1.807, 2.05) is 71.0 Å². The zero-order valence-corrected chi connectivity index (χ0v) is 20.4. The van der Waals surface area contributed by atoms with Gasteiger partial charge in [0.1, 0.15) is 11.5 Å². The monoisotopic (exact) mass is 450 g/mol. The van der Waals surface area contributed by atoms with Crippen molar-refractivity contribution in [3.8, 4) is 5.75 Å². The van der Waals surface area contributed by atoms with Crippen molar-refractivity contribution in [2.75, 3.05) is 25.5 Å². The van der Waals surface area contributed by atoms with Crippen molar-refractivity contribution >= 4 is 23.1 Å². The van der Waals surface area contributed by atoms with Crippen LogP contribution in [0.4, 0.5) is 5.69 Å². The molecule has 2 aromatic rings. The number of aryl methyl sites for hydroxylation is 1. The van der Waals surface area contributed by atoms with Gasteiger partial charge in [-0.05, 0) is 68.7 Å². The highest BCUT2D eigenvalue weighted by Crippen LogP contribution is 2.40. The third-order valence-electron chi connectivity index (χ3n) is 5.83. The van der Waals surface area contributed by atoms with Crippen LogP contribution in [0.5, 0.6) is 5.75 Å². The number of amides is 1. The summed E-state index contributed by atoms with van der Waals surface area (Å²) in [5.41, 5.74) is 3.28. The van der Waals surface area contributed by atoms with E-state index in [-0.39, 0.29) is 17.4 Å². The third kappa shape index (κ3) is 5.05. The third-order valence-corrected chi connectivity index (χ3v) is 5.83. The molecule has 1 unspecified atom stereocenters. The van der Waals surface area contributed by atoms with Crippen LogP contribution in [0.3, 0.4) is 0 Å². The largest absolute Gasteiger partial charge is 0.507 e. The molecule has 176 valence electrons. The quantitative estimate of drug-likeness (QED) is 0.345. The lowest BCUT2D eigenvalue weighted by Gasteiger charge is -2.26. The van der Waals surface area contributed by atoms with Gasteiger partial charge in [0.2, 0.25) is 0 Å². The molecule has 1 amide bonds. The van der Waals surface area contributed by atoms with Crippen LogP contribution in [-0.4, -0.2) is 48.4 Å². The molecule has 3 rings (SSSR count). The lowest BCUT2D eigenvalue weighted by Crippen LogP contribution is -2.30. The Kier molecular flexibility index (Phi) is 7.46. The Bertz CT molecular complexity index is 1050. The van der Waals surface area contributed by atoms with Crippen molar-refractivity contribution in [1.29, 1.82) is 0 Å². The van der Waals surface area contributed by atoms with Crippen LogP contribution in [0, 0.1) is 6.92 Å². The van der Waals surface area contributed by atoms with Gasteiger partial charge in [-0.1, -0.05) is 25.5 Å². The molecule has 1 fully saturated rings. The van der Waals surface area contributed by atoms with Crippen LogP contribution in [-0.2, 0) is 9.59 Å². The van der Waals surface area contributed by atoms with Crippen molar-refractivity contribution in [3.63, 3.8) is 0 Å². The number of rotatable bonds is 8. The molecular formula is C27H34N2O4. The Hall–Kier alpha value is -3.28. The van der Waals surface area contributed by atoms with Gasteiger partial charge >= 0.3 is 0 Å². The molecule has 0 bridgehead atoms. The summed E-state index contributed by atoms with van der Waals surface area (Å²) in [6, 6.07) is 12.4. The number of aliphatic hydroxyl groups is 1. The predicted octanol–water partition coefficient (Wildman–Crippen LogP) is 5.07. The normalized spacial score (nSPS) is 17.7. The Labute approximate surface area is 196 Å². The van der Waals surface area contributed by atoms with Gasteiger partial charge in [0.05, 0.1) is 17.7 Å². The number of unbranched alkanes of at least 4 members (excludes halogenated alkanes) is 1. The molecular weight excluding hydrogens is 416 g/mol. The number of ether oxygens (including phenoxy) is 1. The molecule has 0 radical (unpaired) electrons. The fourth-order valence-electron chi connectivity index (χ4n) is 4.08. The SMILES string of the molecule is CCCCN1C(=O)C(=O)/C(=C(\O)c2ccc(OC(C)C)c(C)c2)C1c1ccc(N(C)C)cc1. The first-order valence-corrected chi connectivity index (χ1v) is 11.5. The summed E-state index contributed by atoms with van der Waals surface area (Å²) >= 11 is 0. The highest BCUT2D eigenvalue weighted by atomic mass is 16.5. The van der Waals surface area contributed by atoms with Crippen LogP contribution >= 0.6 is 0 Å². The van der Waals surface area contributed by atoms with Crippen LogP contribution in [0.25, 0.3) is 5.76 Å². The highest BCUT2D eigenvalue weighted by Gasteiger charge is 2.45. The van der Waals surface area contributed by atoms with E-state index in [4.69, 9.17) is 4.74 Å². The van der Waals surface area contributed by atoms with Crippen LogP contribution in [0.15, 0.2) is 48.0 Å². The number of carbonyl (C=O) groups is 2. The van der Waals surface area contributed by atoms with E-state index in [1.165, 1.54) is 0 Å². The van der Waals surface area contributed by atoms with E-state index in [0.29, 0.717) is 12.1 Å². The van der Waals surface area contributed by atoms with Gasteiger partial charge in [0.25, 0.3) is 11.7 Å². The minimum absolute atomic E-state index is 0.0252. The number of nitrogens with zero attached hydrogens (tertiary/aromatic N) is 2. The smallest absolute Gasteiger partial charge is 0.295 e. The molecule has 1 N–H and O–H groups in total. The fourth-order valence-corrected chi connectivity index (χ4v) is 4.08. The van der Waals surface area contributed by atoms with E-state index >= 15 is 0 Å². The van der Waals surface area contributed by atoms with Gasteiger partial charge in [0.15, 0.2) is 0 Å². The number of hydrogen-bond acceptors (Lipinski definition) is 5. The number of benzene rings is 2. The molecule has 1 heterocycles. The highest BCUT2D eigenvalue weighted by molar-refractivity contribution is 6.46. The molecule has 0 spiro atoms. The minimum atomic E-state index is -0.648. The van der Waals surface area contributed by atoms with E-state index in [9.17, 15) is 14.7 Å². The molecule has 33 heavy (non-hydrogen) atoms. The molecule has 1 saturated heterocycles. The Balaban J connectivity index is 2.11. The number of aliphatic hydroxyl groups excluding tert-OH is 1. The van der Waals surface area contributed by atoms with E-state index in [1.54, 1.807) is 23.1 Å². The summed E-state index contributed by atoms with van der Waals surface area (Å²) in [4.78, 5) is 29.6. The van der Waals surface area contributed by atoms with Crippen molar-refractivity contribution in [2.45, 2.75) is 52.7 Å². The van der Waals surface area contributed by atoms with Gasteiger partial charge < -0.3 is 19.6 Å². The van der Waals surface area contributed by atoms with E-state index in [2.05, 4.69) is 0 Å². The fraction of sp³-hybridized carbons (Fsp3) is 0.407. The first-order chi connectivity index (χ1) is 15.6. The summed E-state index contributed by atoms with van der Waals surface area (Å²) in [6.45, 7) is 8.30. The average molecular weight is 451 g/mol. The van der Waals surface area contributed by atoms with Crippen LogP contribution in [0.1, 0.15) is 56.3 Å². The van der Waals surface area contributed by atoms with Crippen molar-refractivity contribution in [3.05, 3.63) is 64.7 Å². The number of Topliss-reactive ketones (excluding diaryl/α,β-unsaturated/α-hetero) is 1. The Morgan fingerprint density at radius 2 is 1.79 bits per heavy atom. The number of anilines is 1. The lowest BCUT2D eigenvalue weighted by atomic mass is 9.94. The van der Waals surface area contributed by atoms with Gasteiger partial charge in [-0.25, -0.2) is 0 Å². The lowest BCUT2D eigenvalue weighted by molar-refractivity contribution is -0.139. The van der Waals surface area contributed by atoms with Gasteiger partial charge in [0, 0.05) is 31.9 Å². The second-order valence-corrected chi connectivity index (χ2v) is 8.98. The van der Waals surface area contributed by atoms with Gasteiger partial charge in [-0.15, -0.1) is 0 Å². The zero-order chi connectivity index (χ0) is 24.3. The maximum atomic E-state index is 13.1. The molecule has 1 aliphatic rings. The maximum Gasteiger partial charge on any atom is 0.295 e. The average Bonchev–Trinajstić information content (AvgIpc) is 3.03. The number of carbonyl (C=O) groups excluding carboxylic acids is 2. The van der Waals surface area contributed by atoms with Gasteiger partial charge in [-0.3, -0.25) is 9.59 Å². The summed E-state index contributed by atoms with van der Waals surface area (Å²) in [6.07, 6.45) is 1.70. The topological polar surface area (TPSA) is 70.1 Å². The molecule has 0 saturated carbocycles. The number of ketones is 1.